The molecule has 4 nitrogen and oxygen atoms in total. The fourth-order valence-electron chi connectivity index (χ4n) is 0.651. The van der Waals surface area contributed by atoms with Gasteiger partial charge in [-0.15, -0.1) is 11.9 Å². The first-order valence-electron chi connectivity index (χ1n) is 3.86. The van der Waals surface area contributed by atoms with E-state index >= 15 is 0 Å². The summed E-state index contributed by atoms with van der Waals surface area (Å²) in [6.07, 6.45) is 0. The van der Waals surface area contributed by atoms with Gasteiger partial charge >= 0.3 is 0 Å². The second-order valence-corrected chi connectivity index (χ2v) is 2.36. The number of hydrogen-bond acceptors (Lipinski definition) is 2. The molecule has 0 radical (unpaired) electrons. The number of carboxylic acids is 2. The summed E-state index contributed by atoms with van der Waals surface area (Å²) in [5.41, 5.74) is -0.0185. The molecule has 0 saturated heterocycles. The van der Waals surface area contributed by atoms with Crippen LogP contribution < -0.4 is 0 Å². The largest absolute Gasteiger partial charge is 0.886 e. The van der Waals surface area contributed by atoms with Crippen LogP contribution in [0.25, 0.3) is 0 Å². The fraction of sp³-hybridized carbons (Fsp3) is 0. The van der Waals surface area contributed by atoms with E-state index in [1.807, 2.05) is 0 Å². The molecule has 0 bridgehead atoms. The van der Waals surface area contributed by atoms with Crippen LogP contribution >= 0.6 is 0 Å². The zero-order chi connectivity index (χ0) is 12.0. The van der Waals surface area contributed by atoms with E-state index in [1.54, 1.807) is 0 Å². The van der Waals surface area contributed by atoms with E-state index in [9.17, 15) is 9.59 Å². The maximum Gasteiger partial charge on any atom is 0 e. The number of rotatable bonds is 2. The summed E-state index contributed by atoms with van der Waals surface area (Å²) in [5.74, 6) is -2.08. The van der Waals surface area contributed by atoms with Gasteiger partial charge in [0.05, 0.1) is 0 Å². The third-order valence-electron chi connectivity index (χ3n) is 1.30. The Morgan fingerprint density at radius 1 is 0.706 bits per heavy atom. The van der Waals surface area contributed by atoms with Crippen LogP contribution in [-0.4, -0.2) is 22.2 Å². The van der Waals surface area contributed by atoms with Gasteiger partial charge < -0.3 is 79.5 Å². The summed E-state index contributed by atoms with van der Waals surface area (Å²) in [5, 5.41) is 16.3. The van der Waals surface area contributed by atoms with Crippen LogP contribution in [0.4, 0.5) is 0 Å². The molecule has 2 aromatic carbocycles. The van der Waals surface area contributed by atoms with Crippen molar-refractivity contribution in [1.29, 1.82) is 0 Å². The zero-order valence-electron chi connectivity index (χ0n) is 8.06. The molecule has 0 fully saturated rings. The summed E-state index contributed by atoms with van der Waals surface area (Å²) in [7, 11) is 0. The molecule has 2 rings (SSSR count). The minimum absolute atomic E-state index is 0. The number of carboxylic acid groups (broad SMARTS) is 2. The number of aromatic carboxylic acids is 2. The maximum atomic E-state index is 9.96. The Hall–Kier alpha value is -1.84. The molecule has 0 saturated carbocycles. The molecule has 92 valence electrons. The van der Waals surface area contributed by atoms with Crippen molar-refractivity contribution in [3.05, 3.63) is 59.7 Å². The van der Waals surface area contributed by atoms with Crippen molar-refractivity contribution in [2.45, 2.75) is 0 Å². The van der Waals surface area contributed by atoms with Crippen LogP contribution in [0, 0.1) is 48.5 Å². The first kappa shape index (κ1) is 15.2. The Balaban J connectivity index is 0.000000284. The van der Waals surface area contributed by atoms with Crippen molar-refractivity contribution in [2.75, 3.05) is 0 Å². The average Bonchev–Trinajstić information content (AvgIpc) is 2.93. The van der Waals surface area contributed by atoms with Gasteiger partial charge in [0.2, 0.25) is 0 Å². The molecule has 0 spiro atoms. The summed E-state index contributed by atoms with van der Waals surface area (Å²) >= 11 is 0. The van der Waals surface area contributed by atoms with Gasteiger partial charge in [0.1, 0.15) is 0 Å². The standard InChI is InChI=1S/2C6HO2.Fe/c2*7-6(8)5-3-1-2-4-5;/h2*(H,7,8);/q2*-5;. The fourth-order valence-corrected chi connectivity index (χ4v) is 0.651. The number of hydrogen-bond donors (Lipinski definition) is 2. The first-order valence-corrected chi connectivity index (χ1v) is 3.86. The maximum absolute atomic E-state index is 9.96. The number of carbonyl (C=O) groups is 2. The van der Waals surface area contributed by atoms with E-state index < -0.39 is 11.9 Å². The van der Waals surface area contributed by atoms with Crippen molar-refractivity contribution in [3.8, 4) is 0 Å². The molecular formula is C12H2FeO4-10. The van der Waals surface area contributed by atoms with Crippen LogP contribution in [0.2, 0.25) is 0 Å². The van der Waals surface area contributed by atoms with Crippen molar-refractivity contribution < 1.29 is 36.9 Å². The third-order valence-corrected chi connectivity index (χ3v) is 1.30. The van der Waals surface area contributed by atoms with E-state index in [0.29, 0.717) is 0 Å². The summed E-state index contributed by atoms with van der Waals surface area (Å²) in [4.78, 5) is 19.9. The van der Waals surface area contributed by atoms with E-state index in [4.69, 9.17) is 10.2 Å². The minimum Gasteiger partial charge on any atom is -0.886 e. The molecule has 2 aromatic rings. The molecule has 0 aliphatic carbocycles. The van der Waals surface area contributed by atoms with Gasteiger partial charge in [0.25, 0.3) is 0 Å². The monoisotopic (exact) mass is 266 g/mol. The van der Waals surface area contributed by atoms with Crippen LogP contribution in [0.3, 0.4) is 0 Å². The van der Waals surface area contributed by atoms with Crippen LogP contribution in [-0.2, 0) is 17.1 Å². The summed E-state index contributed by atoms with van der Waals surface area (Å²) in [6, 6.07) is 18.5. The molecular weight excluding hydrogens is 264 g/mol. The topological polar surface area (TPSA) is 74.6 Å². The molecule has 0 heterocycles. The van der Waals surface area contributed by atoms with E-state index in [-0.39, 0.29) is 28.2 Å². The van der Waals surface area contributed by atoms with Gasteiger partial charge in [-0.05, 0) is 0 Å². The molecule has 0 aromatic heterocycles. The van der Waals surface area contributed by atoms with Crippen molar-refractivity contribution in [1.82, 2.24) is 0 Å². The second-order valence-electron chi connectivity index (χ2n) is 2.36. The second kappa shape index (κ2) is 7.44. The minimum atomic E-state index is -1.04. The average molecular weight is 266 g/mol. The van der Waals surface area contributed by atoms with Crippen molar-refractivity contribution in [2.24, 2.45) is 0 Å². The molecule has 0 amide bonds. The quantitative estimate of drug-likeness (QED) is 0.616. The molecule has 2 N–H and O–H groups in total. The predicted molar refractivity (Wildman–Crippen MR) is 48.7 cm³/mol. The molecule has 0 atom stereocenters. The van der Waals surface area contributed by atoms with Crippen LogP contribution in [0.15, 0.2) is 0 Å². The van der Waals surface area contributed by atoms with Gasteiger partial charge in [-0.3, -0.25) is 0 Å². The predicted octanol–water partition coefficient (Wildman–Crippen LogP) is 0.606. The van der Waals surface area contributed by atoms with E-state index in [1.165, 1.54) is 0 Å². The molecule has 0 aliphatic heterocycles. The summed E-state index contributed by atoms with van der Waals surface area (Å²) in [6.45, 7) is 0. The summed E-state index contributed by atoms with van der Waals surface area (Å²) < 4.78 is 0. The van der Waals surface area contributed by atoms with Crippen molar-refractivity contribution >= 4 is 11.9 Å². The Morgan fingerprint density at radius 2 is 0.941 bits per heavy atom. The molecule has 0 unspecified atom stereocenters. The van der Waals surface area contributed by atoms with Gasteiger partial charge in [-0.1, -0.05) is 0 Å². The SMILES string of the molecule is O=C(O)[c-]1[c-][c-][c-][c-]1.O=C(O)[c-]1[c-][c-][c-][c-]1.[Fe]. The van der Waals surface area contributed by atoms with Gasteiger partial charge in [0, 0.05) is 17.1 Å². The van der Waals surface area contributed by atoms with Gasteiger partial charge in [0.15, 0.2) is 0 Å². The molecule has 5 heteroatoms. The Labute approximate surface area is 109 Å². The Bertz CT molecular complexity index is 399. The zero-order valence-corrected chi connectivity index (χ0v) is 9.17. The third kappa shape index (κ3) is 5.15. The van der Waals surface area contributed by atoms with Gasteiger partial charge in [-0.2, -0.15) is 0 Å². The van der Waals surface area contributed by atoms with E-state index in [0.717, 1.165) is 0 Å². The Kier molecular flexibility index (Phi) is 6.63. The van der Waals surface area contributed by atoms with E-state index in [2.05, 4.69) is 48.5 Å². The molecule has 0 aliphatic rings. The molecule has 17 heavy (non-hydrogen) atoms. The smallest absolute Gasteiger partial charge is 0 e. The van der Waals surface area contributed by atoms with Crippen molar-refractivity contribution in [3.63, 3.8) is 0 Å². The first-order chi connectivity index (χ1) is 7.61. The van der Waals surface area contributed by atoms with Crippen LogP contribution in [0.1, 0.15) is 20.7 Å². The Morgan fingerprint density at radius 3 is 1.06 bits per heavy atom. The van der Waals surface area contributed by atoms with Gasteiger partial charge in [-0.25, -0.2) is 0 Å². The van der Waals surface area contributed by atoms with Crippen LogP contribution in [0.5, 0.6) is 0 Å². The normalized spacial score (nSPS) is 8.47.